The second-order valence-corrected chi connectivity index (χ2v) is 5.79. The number of hydrogen-bond acceptors (Lipinski definition) is 4. The molecule has 0 heterocycles. The Morgan fingerprint density at radius 2 is 2.09 bits per heavy atom. The molecule has 1 rings (SSSR count). The van der Waals surface area contributed by atoms with E-state index in [9.17, 15) is 4.79 Å². The number of terminal acetylenes is 1. The van der Waals surface area contributed by atoms with Gasteiger partial charge in [-0.1, -0.05) is 31.4 Å². The number of primary amides is 1. The lowest BCUT2D eigenvalue weighted by Gasteiger charge is -2.20. The van der Waals surface area contributed by atoms with Gasteiger partial charge in [0.15, 0.2) is 6.10 Å². The monoisotopic (exact) mass is 339 g/mol. The maximum absolute atomic E-state index is 11.0. The summed E-state index contributed by atoms with van der Waals surface area (Å²) in [5.41, 5.74) is 6.94. The lowest BCUT2D eigenvalue weighted by Crippen LogP contribution is -2.32. The molecule has 1 aromatic carbocycles. The van der Waals surface area contributed by atoms with Crippen LogP contribution in [0, 0.1) is 19.3 Å². The van der Waals surface area contributed by atoms with Crippen LogP contribution in [0.2, 0.25) is 5.02 Å². The Hall–Kier alpha value is -1.90. The van der Waals surface area contributed by atoms with Crippen molar-refractivity contribution in [3.8, 4) is 18.1 Å². The van der Waals surface area contributed by atoms with E-state index in [2.05, 4.69) is 5.92 Å². The highest BCUT2D eigenvalue weighted by Crippen LogP contribution is 2.32. The molecule has 6 heteroatoms. The molecular formula is C17H22ClNO4. The molecule has 126 valence electrons. The van der Waals surface area contributed by atoms with Crippen LogP contribution < -0.4 is 10.5 Å². The summed E-state index contributed by atoms with van der Waals surface area (Å²) in [5, 5.41) is 0.684. The van der Waals surface area contributed by atoms with E-state index in [1.807, 2.05) is 32.9 Å². The van der Waals surface area contributed by atoms with Gasteiger partial charge < -0.3 is 19.9 Å². The van der Waals surface area contributed by atoms with E-state index in [-0.39, 0.29) is 25.7 Å². The van der Waals surface area contributed by atoms with Crippen LogP contribution in [0.3, 0.4) is 0 Å². The Morgan fingerprint density at radius 1 is 1.39 bits per heavy atom. The summed E-state index contributed by atoms with van der Waals surface area (Å²) >= 11 is 6.17. The normalized spacial score (nSPS) is 11.8. The van der Waals surface area contributed by atoms with E-state index >= 15 is 0 Å². The molecule has 0 spiro atoms. The zero-order valence-electron chi connectivity index (χ0n) is 13.6. The maximum atomic E-state index is 11.0. The molecule has 1 aromatic rings. The van der Waals surface area contributed by atoms with Gasteiger partial charge in [-0.25, -0.2) is 4.79 Å². The van der Waals surface area contributed by atoms with Gasteiger partial charge in [-0.15, -0.1) is 6.42 Å². The highest BCUT2D eigenvalue weighted by atomic mass is 35.5. The number of carbonyl (C=O) groups excluding carboxylic acids is 1. The minimum Gasteiger partial charge on any atom is -0.489 e. The van der Waals surface area contributed by atoms with Gasteiger partial charge in [-0.3, -0.25) is 0 Å². The zero-order chi connectivity index (χ0) is 17.4. The quantitative estimate of drug-likeness (QED) is 0.583. The summed E-state index contributed by atoms with van der Waals surface area (Å²) in [6, 6.07) is 3.75. The molecule has 0 radical (unpaired) electrons. The first kappa shape index (κ1) is 19.1. The molecule has 23 heavy (non-hydrogen) atoms. The van der Waals surface area contributed by atoms with Crippen molar-refractivity contribution in [2.75, 3.05) is 19.8 Å². The van der Waals surface area contributed by atoms with E-state index < -0.39 is 12.2 Å². The van der Waals surface area contributed by atoms with Gasteiger partial charge >= 0.3 is 6.09 Å². The molecule has 0 saturated carbocycles. The minimum atomic E-state index is -0.890. The summed E-state index contributed by atoms with van der Waals surface area (Å²) < 4.78 is 16.0. The Morgan fingerprint density at radius 3 is 2.65 bits per heavy atom. The fourth-order valence-electron chi connectivity index (χ4n) is 1.96. The Labute approximate surface area is 142 Å². The van der Waals surface area contributed by atoms with Crippen LogP contribution in [0.1, 0.15) is 30.9 Å². The SMILES string of the molecule is C#CCOCC(COc1cc(C)c(Cl)cc1C(C)C)OC(N)=O. The minimum absolute atomic E-state index is 0.105. The molecule has 0 saturated heterocycles. The third-order valence-corrected chi connectivity index (χ3v) is 3.52. The van der Waals surface area contributed by atoms with Crippen molar-refractivity contribution >= 4 is 17.7 Å². The fraction of sp³-hybridized carbons (Fsp3) is 0.471. The van der Waals surface area contributed by atoms with Crippen molar-refractivity contribution in [1.82, 2.24) is 0 Å². The molecule has 1 unspecified atom stereocenters. The number of amides is 1. The Kier molecular flexibility index (Phi) is 7.73. The average molecular weight is 340 g/mol. The molecule has 1 amide bonds. The molecule has 1 atom stereocenters. The highest BCUT2D eigenvalue weighted by Gasteiger charge is 2.17. The van der Waals surface area contributed by atoms with Gasteiger partial charge in [0.05, 0.1) is 6.61 Å². The van der Waals surface area contributed by atoms with Crippen molar-refractivity contribution < 1.29 is 19.0 Å². The van der Waals surface area contributed by atoms with Gasteiger partial charge in [0.2, 0.25) is 0 Å². The third-order valence-electron chi connectivity index (χ3n) is 3.11. The standard InChI is InChI=1S/C17H22ClNO4/c1-5-6-21-9-13(23-17(19)20)10-22-16-7-12(4)15(18)8-14(16)11(2)3/h1,7-8,11,13H,6,9-10H2,2-4H3,(H2,19,20). The summed E-state index contributed by atoms with van der Waals surface area (Å²) in [7, 11) is 0. The van der Waals surface area contributed by atoms with E-state index in [4.69, 9.17) is 38.0 Å². The maximum Gasteiger partial charge on any atom is 0.404 e. The van der Waals surface area contributed by atoms with E-state index in [0.29, 0.717) is 10.8 Å². The number of rotatable bonds is 8. The number of ether oxygens (including phenoxy) is 3. The zero-order valence-corrected chi connectivity index (χ0v) is 14.4. The van der Waals surface area contributed by atoms with Crippen LogP contribution in [-0.2, 0) is 9.47 Å². The van der Waals surface area contributed by atoms with Crippen molar-refractivity contribution in [2.45, 2.75) is 32.8 Å². The second kappa shape index (κ2) is 9.29. The molecule has 0 fully saturated rings. The largest absolute Gasteiger partial charge is 0.489 e. The van der Waals surface area contributed by atoms with Crippen LogP contribution in [0.15, 0.2) is 12.1 Å². The second-order valence-electron chi connectivity index (χ2n) is 5.38. The van der Waals surface area contributed by atoms with E-state index in [0.717, 1.165) is 11.1 Å². The van der Waals surface area contributed by atoms with Crippen molar-refractivity contribution in [3.05, 3.63) is 28.3 Å². The van der Waals surface area contributed by atoms with Gasteiger partial charge in [-0.2, -0.15) is 0 Å². The number of hydrogen-bond donors (Lipinski definition) is 1. The van der Waals surface area contributed by atoms with Crippen LogP contribution in [0.25, 0.3) is 0 Å². The number of carbonyl (C=O) groups is 1. The molecule has 0 aromatic heterocycles. The van der Waals surface area contributed by atoms with Gasteiger partial charge in [0.25, 0.3) is 0 Å². The smallest absolute Gasteiger partial charge is 0.404 e. The molecular weight excluding hydrogens is 318 g/mol. The number of benzene rings is 1. The van der Waals surface area contributed by atoms with Crippen molar-refractivity contribution in [3.63, 3.8) is 0 Å². The van der Waals surface area contributed by atoms with Crippen LogP contribution in [-0.4, -0.2) is 32.0 Å². The number of aryl methyl sites for hydroxylation is 1. The summed E-state index contributed by atoms with van der Waals surface area (Å²) in [5.74, 6) is 3.26. The molecule has 5 nitrogen and oxygen atoms in total. The van der Waals surface area contributed by atoms with Crippen LogP contribution in [0.5, 0.6) is 5.75 Å². The number of halogens is 1. The number of nitrogens with two attached hydrogens (primary N) is 1. The molecule has 2 N–H and O–H groups in total. The summed E-state index contributed by atoms with van der Waals surface area (Å²) in [4.78, 5) is 11.0. The van der Waals surface area contributed by atoms with Gasteiger partial charge in [0, 0.05) is 5.02 Å². The van der Waals surface area contributed by atoms with Gasteiger partial charge in [0.1, 0.15) is 19.0 Å². The van der Waals surface area contributed by atoms with Crippen molar-refractivity contribution in [2.24, 2.45) is 5.73 Å². The van der Waals surface area contributed by atoms with E-state index in [1.165, 1.54) is 0 Å². The predicted molar refractivity (Wildman–Crippen MR) is 89.9 cm³/mol. The average Bonchev–Trinajstić information content (AvgIpc) is 2.47. The Balaban J connectivity index is 2.81. The lowest BCUT2D eigenvalue weighted by molar-refractivity contribution is 0.00987. The lowest BCUT2D eigenvalue weighted by atomic mass is 10.0. The molecule has 0 bridgehead atoms. The molecule has 0 aliphatic carbocycles. The summed E-state index contributed by atoms with van der Waals surface area (Å²) in [6.45, 7) is 6.32. The highest BCUT2D eigenvalue weighted by molar-refractivity contribution is 6.31. The molecule has 0 aliphatic heterocycles. The Bertz CT molecular complexity index is 581. The van der Waals surface area contributed by atoms with Crippen LogP contribution in [0.4, 0.5) is 4.79 Å². The fourth-order valence-corrected chi connectivity index (χ4v) is 2.13. The van der Waals surface area contributed by atoms with E-state index in [1.54, 1.807) is 0 Å². The summed E-state index contributed by atoms with van der Waals surface area (Å²) in [6.07, 6.45) is 3.58. The van der Waals surface area contributed by atoms with Gasteiger partial charge in [-0.05, 0) is 36.1 Å². The molecule has 0 aliphatic rings. The van der Waals surface area contributed by atoms with Crippen LogP contribution >= 0.6 is 11.6 Å². The topological polar surface area (TPSA) is 70.8 Å². The predicted octanol–water partition coefficient (Wildman–Crippen LogP) is 3.26. The first-order valence-electron chi connectivity index (χ1n) is 7.25. The third kappa shape index (κ3) is 6.39. The first-order valence-corrected chi connectivity index (χ1v) is 7.63. The van der Waals surface area contributed by atoms with Crippen molar-refractivity contribution in [1.29, 1.82) is 0 Å². The first-order chi connectivity index (χ1) is 10.8.